The standard InChI is InChI=1S/C11H21N3O/c1-9(12)8-14-10(15)7-11(13-14)5-3-2-4-6-11/h9,13H,2-8,12H2,1H3. The summed E-state index contributed by atoms with van der Waals surface area (Å²) in [6, 6.07) is 0.0418. The third-order valence-electron chi connectivity index (χ3n) is 3.44. The third kappa shape index (κ3) is 2.32. The Hall–Kier alpha value is -0.610. The van der Waals surface area contributed by atoms with Crippen LogP contribution in [0.25, 0.3) is 0 Å². The molecule has 1 aliphatic carbocycles. The predicted octanol–water partition coefficient (Wildman–Crippen LogP) is 0.773. The molecule has 1 saturated heterocycles. The third-order valence-corrected chi connectivity index (χ3v) is 3.44. The fraction of sp³-hybridized carbons (Fsp3) is 0.909. The van der Waals surface area contributed by atoms with E-state index >= 15 is 0 Å². The number of hydrogen-bond donors (Lipinski definition) is 2. The number of carbonyl (C=O) groups is 1. The van der Waals surface area contributed by atoms with E-state index in [1.165, 1.54) is 19.3 Å². The summed E-state index contributed by atoms with van der Waals surface area (Å²) in [4.78, 5) is 11.8. The van der Waals surface area contributed by atoms with Gasteiger partial charge in [0.1, 0.15) is 0 Å². The topological polar surface area (TPSA) is 58.4 Å². The summed E-state index contributed by atoms with van der Waals surface area (Å²) in [6.07, 6.45) is 6.73. The van der Waals surface area contributed by atoms with Gasteiger partial charge in [0, 0.05) is 18.0 Å². The van der Waals surface area contributed by atoms with Gasteiger partial charge in [-0.2, -0.15) is 0 Å². The highest BCUT2D eigenvalue weighted by Crippen LogP contribution is 2.35. The van der Waals surface area contributed by atoms with E-state index in [9.17, 15) is 4.79 Å². The van der Waals surface area contributed by atoms with Crippen molar-refractivity contribution in [1.82, 2.24) is 10.4 Å². The molecule has 0 bridgehead atoms. The molecule has 2 rings (SSSR count). The lowest BCUT2D eigenvalue weighted by Gasteiger charge is -2.33. The van der Waals surface area contributed by atoms with Gasteiger partial charge in [0.2, 0.25) is 5.91 Å². The summed E-state index contributed by atoms with van der Waals surface area (Å²) in [5, 5.41) is 1.73. The molecular weight excluding hydrogens is 190 g/mol. The SMILES string of the molecule is CC(N)CN1NC2(CCCCC2)CC1=O. The van der Waals surface area contributed by atoms with E-state index in [1.807, 2.05) is 6.92 Å². The Kier molecular flexibility index (Phi) is 2.98. The monoisotopic (exact) mass is 211 g/mol. The zero-order valence-electron chi connectivity index (χ0n) is 9.46. The molecule has 0 aromatic carbocycles. The van der Waals surface area contributed by atoms with Gasteiger partial charge in [-0.25, -0.2) is 5.43 Å². The minimum atomic E-state index is 0.0418. The first-order valence-electron chi connectivity index (χ1n) is 5.95. The van der Waals surface area contributed by atoms with Crippen LogP contribution >= 0.6 is 0 Å². The highest BCUT2D eigenvalue weighted by Gasteiger charge is 2.43. The highest BCUT2D eigenvalue weighted by molar-refractivity contribution is 5.79. The maximum Gasteiger partial charge on any atom is 0.238 e. The van der Waals surface area contributed by atoms with Crippen LogP contribution in [0.1, 0.15) is 45.4 Å². The lowest BCUT2D eigenvalue weighted by molar-refractivity contribution is -0.129. The molecule has 0 aromatic rings. The zero-order chi connectivity index (χ0) is 10.9. The average molecular weight is 211 g/mol. The molecule has 1 atom stereocenters. The second kappa shape index (κ2) is 4.10. The van der Waals surface area contributed by atoms with Gasteiger partial charge >= 0.3 is 0 Å². The molecule has 2 aliphatic rings. The van der Waals surface area contributed by atoms with E-state index in [4.69, 9.17) is 5.73 Å². The van der Waals surface area contributed by atoms with Crippen molar-refractivity contribution in [1.29, 1.82) is 0 Å². The zero-order valence-corrected chi connectivity index (χ0v) is 9.46. The lowest BCUT2D eigenvalue weighted by Crippen LogP contribution is -2.50. The van der Waals surface area contributed by atoms with E-state index in [0.29, 0.717) is 13.0 Å². The first-order valence-corrected chi connectivity index (χ1v) is 5.95. The smallest absolute Gasteiger partial charge is 0.238 e. The quantitative estimate of drug-likeness (QED) is 0.709. The summed E-state index contributed by atoms with van der Waals surface area (Å²) >= 11 is 0. The maximum atomic E-state index is 11.8. The number of hydrogen-bond acceptors (Lipinski definition) is 3. The maximum absolute atomic E-state index is 11.8. The Bertz CT molecular complexity index is 246. The van der Waals surface area contributed by atoms with Gasteiger partial charge in [-0.1, -0.05) is 19.3 Å². The summed E-state index contributed by atoms with van der Waals surface area (Å²) in [6.45, 7) is 2.56. The Balaban J connectivity index is 1.98. The first-order chi connectivity index (χ1) is 7.11. The van der Waals surface area contributed by atoms with Crippen LogP contribution in [0.15, 0.2) is 0 Å². The van der Waals surface area contributed by atoms with Gasteiger partial charge in [0.05, 0.1) is 6.54 Å². The minimum absolute atomic E-state index is 0.0418. The number of carbonyl (C=O) groups excluding carboxylic acids is 1. The fourth-order valence-electron chi connectivity index (χ4n) is 2.73. The Morgan fingerprint density at radius 2 is 2.13 bits per heavy atom. The molecule has 3 N–H and O–H groups in total. The van der Waals surface area contributed by atoms with Crippen LogP contribution in [0.3, 0.4) is 0 Å². The number of rotatable bonds is 2. The van der Waals surface area contributed by atoms with Crippen molar-refractivity contribution >= 4 is 5.91 Å². The Labute approximate surface area is 91.2 Å². The first kappa shape index (κ1) is 10.9. The average Bonchev–Trinajstić information content (AvgIpc) is 2.43. The van der Waals surface area contributed by atoms with Crippen molar-refractivity contribution in [2.24, 2.45) is 5.73 Å². The van der Waals surface area contributed by atoms with Crippen molar-refractivity contribution in [3.63, 3.8) is 0 Å². The largest absolute Gasteiger partial charge is 0.326 e. The number of nitrogens with two attached hydrogens (primary N) is 1. The molecule has 1 amide bonds. The summed E-state index contributed by atoms with van der Waals surface area (Å²) < 4.78 is 0. The van der Waals surface area contributed by atoms with Crippen LogP contribution in [0.5, 0.6) is 0 Å². The molecule has 15 heavy (non-hydrogen) atoms. The molecule has 1 aliphatic heterocycles. The van der Waals surface area contributed by atoms with Crippen molar-refractivity contribution in [2.75, 3.05) is 6.54 Å². The molecule has 0 radical (unpaired) electrons. The lowest BCUT2D eigenvalue weighted by atomic mass is 9.81. The van der Waals surface area contributed by atoms with Crippen LogP contribution in [0.2, 0.25) is 0 Å². The molecule has 2 fully saturated rings. The summed E-state index contributed by atoms with van der Waals surface area (Å²) in [5.41, 5.74) is 9.18. The minimum Gasteiger partial charge on any atom is -0.326 e. The van der Waals surface area contributed by atoms with Crippen molar-refractivity contribution in [3.8, 4) is 0 Å². The van der Waals surface area contributed by atoms with Crippen molar-refractivity contribution in [3.05, 3.63) is 0 Å². The van der Waals surface area contributed by atoms with E-state index in [1.54, 1.807) is 5.01 Å². The van der Waals surface area contributed by atoms with E-state index in [2.05, 4.69) is 5.43 Å². The van der Waals surface area contributed by atoms with Gasteiger partial charge in [0.15, 0.2) is 0 Å². The predicted molar refractivity (Wildman–Crippen MR) is 58.9 cm³/mol. The Morgan fingerprint density at radius 1 is 1.47 bits per heavy atom. The number of hydrazine groups is 1. The van der Waals surface area contributed by atoms with Gasteiger partial charge in [0.25, 0.3) is 0 Å². The molecule has 1 unspecified atom stereocenters. The molecule has 1 heterocycles. The van der Waals surface area contributed by atoms with Crippen LogP contribution < -0.4 is 11.2 Å². The molecule has 4 nitrogen and oxygen atoms in total. The summed E-state index contributed by atoms with van der Waals surface area (Å²) in [7, 11) is 0. The van der Waals surface area contributed by atoms with E-state index < -0.39 is 0 Å². The molecule has 0 aromatic heterocycles. The number of nitrogens with zero attached hydrogens (tertiary/aromatic N) is 1. The molecule has 1 spiro atoms. The highest BCUT2D eigenvalue weighted by atomic mass is 16.2. The summed E-state index contributed by atoms with van der Waals surface area (Å²) in [5.74, 6) is 0.217. The number of nitrogens with one attached hydrogen (secondary N) is 1. The molecular formula is C11H21N3O. The van der Waals surface area contributed by atoms with Crippen molar-refractivity contribution < 1.29 is 4.79 Å². The normalized spacial score (nSPS) is 27.3. The molecule has 86 valence electrons. The van der Waals surface area contributed by atoms with E-state index in [-0.39, 0.29) is 17.5 Å². The number of amides is 1. The molecule has 1 saturated carbocycles. The van der Waals surface area contributed by atoms with Gasteiger partial charge in [-0.05, 0) is 19.8 Å². The van der Waals surface area contributed by atoms with E-state index in [0.717, 1.165) is 12.8 Å². The van der Waals surface area contributed by atoms with Gasteiger partial charge in [-0.3, -0.25) is 9.80 Å². The van der Waals surface area contributed by atoms with Gasteiger partial charge in [-0.15, -0.1) is 0 Å². The molecule has 4 heteroatoms. The van der Waals surface area contributed by atoms with Crippen LogP contribution in [-0.2, 0) is 4.79 Å². The van der Waals surface area contributed by atoms with Crippen LogP contribution in [0.4, 0.5) is 0 Å². The second-order valence-corrected chi connectivity index (χ2v) is 5.11. The van der Waals surface area contributed by atoms with Crippen LogP contribution in [-0.4, -0.2) is 29.0 Å². The fourth-order valence-corrected chi connectivity index (χ4v) is 2.73. The van der Waals surface area contributed by atoms with Gasteiger partial charge < -0.3 is 5.73 Å². The Morgan fingerprint density at radius 3 is 2.73 bits per heavy atom. The van der Waals surface area contributed by atoms with Crippen molar-refractivity contribution in [2.45, 2.75) is 57.0 Å². The van der Waals surface area contributed by atoms with Crippen LogP contribution in [0, 0.1) is 0 Å². The second-order valence-electron chi connectivity index (χ2n) is 5.11.